The Morgan fingerprint density at radius 3 is 1.14 bits per heavy atom. The fraction of sp³-hybridized carbons (Fsp3) is 1.00. The molecule has 0 atom stereocenters. The maximum absolute atomic E-state index is 7.57. The number of aliphatic hydroxyl groups excluding tert-OH is 1. The van der Waals surface area contributed by atoms with Gasteiger partial charge in [-0.25, -0.2) is 0 Å². The fourth-order valence-corrected chi connectivity index (χ4v) is 0. The average Bonchev–Trinajstić information content (AvgIpc) is 0.918. The SMILES string of the molecule is Br.Br.Br.CCO.[V]. The Kier molecular flexibility index (Phi) is 225. The molecule has 0 aliphatic rings. The Bertz CT molecular complexity index is 12.9. The summed E-state index contributed by atoms with van der Waals surface area (Å²) in [4.78, 5) is 0. The second-order valence-electron chi connectivity index (χ2n) is 0.316. The van der Waals surface area contributed by atoms with E-state index in [1.165, 1.54) is 0 Å². The summed E-state index contributed by atoms with van der Waals surface area (Å²) in [5, 5.41) is 7.57. The van der Waals surface area contributed by atoms with Crippen molar-refractivity contribution in [2.24, 2.45) is 0 Å². The molecule has 1 nitrogen and oxygen atoms in total. The van der Waals surface area contributed by atoms with Crippen LogP contribution in [0, 0.1) is 0 Å². The molecule has 0 amide bonds. The molecule has 0 fully saturated rings. The van der Waals surface area contributed by atoms with E-state index in [0.29, 0.717) is 0 Å². The summed E-state index contributed by atoms with van der Waals surface area (Å²) >= 11 is 0. The Morgan fingerprint density at radius 1 is 1.14 bits per heavy atom. The van der Waals surface area contributed by atoms with Gasteiger partial charge in [-0.15, -0.1) is 50.9 Å². The van der Waals surface area contributed by atoms with Crippen LogP contribution in [0.1, 0.15) is 6.92 Å². The van der Waals surface area contributed by atoms with Gasteiger partial charge in [-0.3, -0.25) is 0 Å². The zero-order valence-corrected chi connectivity index (χ0v) is 10.4. The summed E-state index contributed by atoms with van der Waals surface area (Å²) in [5.41, 5.74) is 0. The van der Waals surface area contributed by atoms with Crippen LogP contribution < -0.4 is 0 Å². The first-order valence-corrected chi connectivity index (χ1v) is 1.02. The number of aliphatic hydroxyl groups is 1. The van der Waals surface area contributed by atoms with Gasteiger partial charge in [0.05, 0.1) is 0 Å². The molecule has 0 aliphatic heterocycles. The molecule has 5 heteroatoms. The molecular formula is C2H9Br3OV. The fourth-order valence-electron chi connectivity index (χ4n) is 0. The predicted molar refractivity (Wildman–Crippen MR) is 43.7 cm³/mol. The average molecular weight is 340 g/mol. The Labute approximate surface area is 87.4 Å². The van der Waals surface area contributed by atoms with Crippen molar-refractivity contribution in [2.45, 2.75) is 6.92 Å². The Balaban J connectivity index is -0.00000000333. The van der Waals surface area contributed by atoms with E-state index in [0.717, 1.165) is 0 Å². The minimum Gasteiger partial charge on any atom is -0.397 e. The van der Waals surface area contributed by atoms with Gasteiger partial charge in [0.15, 0.2) is 0 Å². The van der Waals surface area contributed by atoms with E-state index in [-0.39, 0.29) is 76.1 Å². The van der Waals surface area contributed by atoms with Crippen LogP contribution >= 0.6 is 50.9 Å². The number of halogens is 3. The number of hydrogen-bond donors (Lipinski definition) is 1. The molecule has 0 saturated heterocycles. The van der Waals surface area contributed by atoms with Crippen molar-refractivity contribution >= 4 is 50.9 Å². The van der Waals surface area contributed by atoms with Gasteiger partial charge in [0.25, 0.3) is 0 Å². The summed E-state index contributed by atoms with van der Waals surface area (Å²) in [6, 6.07) is 0. The third kappa shape index (κ3) is 72.6. The second-order valence-corrected chi connectivity index (χ2v) is 0.316. The molecular weight excluding hydrogens is 331 g/mol. The summed E-state index contributed by atoms with van der Waals surface area (Å²) in [7, 11) is 0. The van der Waals surface area contributed by atoms with Gasteiger partial charge in [0.2, 0.25) is 0 Å². The molecule has 0 aliphatic carbocycles. The first-order valence-electron chi connectivity index (χ1n) is 1.02. The largest absolute Gasteiger partial charge is 0.397 e. The zero-order chi connectivity index (χ0) is 2.71. The monoisotopic (exact) mass is 337 g/mol. The van der Waals surface area contributed by atoms with Crippen molar-refractivity contribution in [1.29, 1.82) is 0 Å². The van der Waals surface area contributed by atoms with Crippen LogP contribution in [-0.2, 0) is 18.6 Å². The number of hydrogen-bond acceptors (Lipinski definition) is 1. The third-order valence-electron chi connectivity index (χ3n) is 0. The Hall–Kier alpha value is 1.98. The van der Waals surface area contributed by atoms with E-state index < -0.39 is 0 Å². The molecule has 0 saturated carbocycles. The number of rotatable bonds is 0. The van der Waals surface area contributed by atoms with Gasteiger partial charge >= 0.3 is 0 Å². The summed E-state index contributed by atoms with van der Waals surface area (Å²) in [6.07, 6.45) is 0. The van der Waals surface area contributed by atoms with Crippen LogP contribution in [0.25, 0.3) is 0 Å². The molecule has 49 valence electrons. The maximum atomic E-state index is 7.57. The van der Waals surface area contributed by atoms with Gasteiger partial charge in [-0.2, -0.15) is 0 Å². The van der Waals surface area contributed by atoms with Crippen molar-refractivity contribution in [3.05, 3.63) is 0 Å². The maximum Gasteiger partial charge on any atom is 0.0402 e. The van der Waals surface area contributed by atoms with Crippen molar-refractivity contribution < 1.29 is 23.7 Å². The van der Waals surface area contributed by atoms with Crippen molar-refractivity contribution in [3.8, 4) is 0 Å². The van der Waals surface area contributed by atoms with Gasteiger partial charge in [-0.1, -0.05) is 0 Å². The predicted octanol–water partition coefficient (Wildman–Crippen LogP) is 1.73. The topological polar surface area (TPSA) is 20.2 Å². The van der Waals surface area contributed by atoms with Crippen LogP contribution in [0.2, 0.25) is 0 Å². The van der Waals surface area contributed by atoms with Gasteiger partial charge in [0, 0.05) is 25.2 Å². The molecule has 0 rings (SSSR count). The van der Waals surface area contributed by atoms with Crippen LogP contribution in [0.4, 0.5) is 0 Å². The van der Waals surface area contributed by atoms with Crippen LogP contribution in [0.15, 0.2) is 0 Å². The summed E-state index contributed by atoms with van der Waals surface area (Å²) in [6.45, 7) is 1.93. The van der Waals surface area contributed by atoms with Crippen molar-refractivity contribution in [3.63, 3.8) is 0 Å². The molecule has 0 unspecified atom stereocenters. The van der Waals surface area contributed by atoms with Crippen molar-refractivity contribution in [1.82, 2.24) is 0 Å². The molecule has 1 N–H and O–H groups in total. The Morgan fingerprint density at radius 2 is 1.14 bits per heavy atom. The van der Waals surface area contributed by atoms with Gasteiger partial charge in [0.1, 0.15) is 0 Å². The molecule has 0 spiro atoms. The second kappa shape index (κ2) is 43.7. The molecule has 0 bridgehead atoms. The van der Waals surface area contributed by atoms with E-state index in [1.54, 1.807) is 6.92 Å². The minimum atomic E-state index is 0. The van der Waals surface area contributed by atoms with E-state index in [1.807, 2.05) is 0 Å². The molecule has 0 heterocycles. The van der Waals surface area contributed by atoms with Crippen LogP contribution in [0.5, 0.6) is 0 Å². The van der Waals surface area contributed by atoms with Crippen molar-refractivity contribution in [2.75, 3.05) is 6.61 Å². The van der Waals surface area contributed by atoms with E-state index >= 15 is 0 Å². The quantitative estimate of drug-likeness (QED) is 0.712. The van der Waals surface area contributed by atoms with E-state index in [4.69, 9.17) is 5.11 Å². The van der Waals surface area contributed by atoms with E-state index in [2.05, 4.69) is 0 Å². The minimum absolute atomic E-state index is 0. The smallest absolute Gasteiger partial charge is 0.0402 e. The normalized spacial score (nSPS) is 2.57. The van der Waals surface area contributed by atoms with Crippen LogP contribution in [0.3, 0.4) is 0 Å². The first kappa shape index (κ1) is 36.1. The van der Waals surface area contributed by atoms with Gasteiger partial charge in [-0.05, 0) is 6.92 Å². The molecule has 0 aromatic carbocycles. The molecule has 0 aromatic rings. The van der Waals surface area contributed by atoms with Crippen LogP contribution in [-0.4, -0.2) is 11.7 Å². The molecule has 0 aromatic heterocycles. The zero-order valence-electron chi connectivity index (χ0n) is 3.83. The van der Waals surface area contributed by atoms with E-state index in [9.17, 15) is 0 Å². The van der Waals surface area contributed by atoms with Gasteiger partial charge < -0.3 is 5.11 Å². The third-order valence-corrected chi connectivity index (χ3v) is 0. The first-order chi connectivity index (χ1) is 1.41. The standard InChI is InChI=1S/C2H6O.3BrH.V/c1-2-3;;;;/h3H,2H2,1H3;3*1H;. The molecule has 7 heavy (non-hydrogen) atoms. The summed E-state index contributed by atoms with van der Waals surface area (Å²) in [5.74, 6) is 0. The summed E-state index contributed by atoms with van der Waals surface area (Å²) < 4.78 is 0. The molecule has 1 radical (unpaired) electrons.